The van der Waals surface area contributed by atoms with Gasteiger partial charge in [-0.15, -0.1) is 6.42 Å². The Kier molecular flexibility index (Phi) is 4.01. The second-order valence-corrected chi connectivity index (χ2v) is 7.57. The summed E-state index contributed by atoms with van der Waals surface area (Å²) >= 11 is 0. The van der Waals surface area contributed by atoms with Gasteiger partial charge in [0.05, 0.1) is 0 Å². The van der Waals surface area contributed by atoms with Crippen LogP contribution in [0.2, 0.25) is 0 Å². The van der Waals surface area contributed by atoms with Crippen LogP contribution in [0.1, 0.15) is 82.6 Å². The molecule has 0 radical (unpaired) electrons. The lowest BCUT2D eigenvalue weighted by molar-refractivity contribution is 0.331. The van der Waals surface area contributed by atoms with Gasteiger partial charge in [-0.1, -0.05) is 53.0 Å². The molecule has 0 bridgehead atoms. The smallest absolute Gasteiger partial charge is 0.0277 e. The SMILES string of the molecule is C#Cc1cc2c(cc1CCCC)C(C)(C)CCC2(C)C. The van der Waals surface area contributed by atoms with Gasteiger partial charge >= 0.3 is 0 Å². The molecular formula is C20H28. The molecule has 20 heavy (non-hydrogen) atoms. The molecule has 0 heterocycles. The van der Waals surface area contributed by atoms with Gasteiger partial charge in [0, 0.05) is 5.56 Å². The maximum atomic E-state index is 5.76. The topological polar surface area (TPSA) is 0 Å². The van der Waals surface area contributed by atoms with E-state index in [1.165, 1.54) is 42.4 Å². The molecule has 1 aromatic rings. The summed E-state index contributed by atoms with van der Waals surface area (Å²) in [5.74, 6) is 2.92. The van der Waals surface area contributed by atoms with E-state index in [4.69, 9.17) is 6.42 Å². The molecule has 0 saturated heterocycles. The lowest BCUT2D eigenvalue weighted by Crippen LogP contribution is -2.34. The van der Waals surface area contributed by atoms with Crippen LogP contribution in [-0.4, -0.2) is 0 Å². The number of benzene rings is 1. The van der Waals surface area contributed by atoms with E-state index in [-0.39, 0.29) is 10.8 Å². The summed E-state index contributed by atoms with van der Waals surface area (Å²) in [6, 6.07) is 4.72. The monoisotopic (exact) mass is 268 g/mol. The van der Waals surface area contributed by atoms with Gasteiger partial charge in [0.1, 0.15) is 0 Å². The minimum Gasteiger partial charge on any atom is -0.115 e. The number of rotatable bonds is 3. The molecule has 0 spiro atoms. The minimum atomic E-state index is 0.250. The second-order valence-electron chi connectivity index (χ2n) is 7.57. The summed E-state index contributed by atoms with van der Waals surface area (Å²) in [6.45, 7) is 11.7. The van der Waals surface area contributed by atoms with E-state index >= 15 is 0 Å². The minimum absolute atomic E-state index is 0.250. The van der Waals surface area contributed by atoms with E-state index in [1.54, 1.807) is 0 Å². The summed E-state index contributed by atoms with van der Waals surface area (Å²) in [4.78, 5) is 0. The number of aryl methyl sites for hydroxylation is 1. The van der Waals surface area contributed by atoms with Gasteiger partial charge in [0.2, 0.25) is 0 Å². The first-order valence-electron chi connectivity index (χ1n) is 7.96. The molecular weight excluding hydrogens is 240 g/mol. The van der Waals surface area contributed by atoms with E-state index in [2.05, 4.69) is 52.7 Å². The van der Waals surface area contributed by atoms with E-state index in [0.29, 0.717) is 0 Å². The van der Waals surface area contributed by atoms with Gasteiger partial charge in [-0.25, -0.2) is 0 Å². The Morgan fingerprint density at radius 2 is 1.60 bits per heavy atom. The standard InChI is InChI=1S/C20H28/c1-7-9-10-16-14-18-17(13-15(16)8-2)19(3,4)11-12-20(18,5)6/h2,13-14H,7,9-12H2,1,3-6H3. The molecule has 0 heteroatoms. The zero-order chi connectivity index (χ0) is 15.0. The van der Waals surface area contributed by atoms with Gasteiger partial charge in [0.25, 0.3) is 0 Å². The fourth-order valence-corrected chi connectivity index (χ4v) is 3.37. The maximum Gasteiger partial charge on any atom is 0.0277 e. The Hall–Kier alpha value is -1.22. The van der Waals surface area contributed by atoms with Crippen molar-refractivity contribution in [1.82, 2.24) is 0 Å². The van der Waals surface area contributed by atoms with Crippen LogP contribution in [0.5, 0.6) is 0 Å². The normalized spacial score (nSPS) is 19.2. The summed E-state index contributed by atoms with van der Waals surface area (Å²) in [7, 11) is 0. The number of hydrogen-bond donors (Lipinski definition) is 0. The molecule has 2 rings (SSSR count). The highest BCUT2D eigenvalue weighted by Crippen LogP contribution is 2.46. The second kappa shape index (κ2) is 5.28. The maximum absolute atomic E-state index is 5.76. The number of unbranched alkanes of at least 4 members (excludes halogenated alkanes) is 1. The highest BCUT2D eigenvalue weighted by atomic mass is 14.4. The van der Waals surface area contributed by atoms with Gasteiger partial charge in [-0.3, -0.25) is 0 Å². The Bertz CT molecular complexity index is 538. The van der Waals surface area contributed by atoms with E-state index in [1.807, 2.05) is 0 Å². The highest BCUT2D eigenvalue weighted by Gasteiger charge is 2.37. The van der Waals surface area contributed by atoms with Crippen molar-refractivity contribution in [3.63, 3.8) is 0 Å². The van der Waals surface area contributed by atoms with Crippen molar-refractivity contribution in [2.45, 2.75) is 77.6 Å². The molecule has 0 aliphatic heterocycles. The van der Waals surface area contributed by atoms with Crippen LogP contribution in [0.15, 0.2) is 12.1 Å². The molecule has 0 nitrogen and oxygen atoms in total. The fraction of sp³-hybridized carbons (Fsp3) is 0.600. The zero-order valence-corrected chi connectivity index (χ0v) is 13.8. The average Bonchev–Trinajstić information content (AvgIpc) is 2.41. The molecule has 0 unspecified atom stereocenters. The van der Waals surface area contributed by atoms with Crippen molar-refractivity contribution in [2.24, 2.45) is 0 Å². The van der Waals surface area contributed by atoms with Crippen molar-refractivity contribution in [1.29, 1.82) is 0 Å². The van der Waals surface area contributed by atoms with Crippen molar-refractivity contribution in [3.05, 3.63) is 34.4 Å². The highest BCUT2D eigenvalue weighted by molar-refractivity contribution is 5.52. The molecule has 1 aliphatic carbocycles. The van der Waals surface area contributed by atoms with E-state index in [9.17, 15) is 0 Å². The molecule has 0 aromatic heterocycles. The Morgan fingerprint density at radius 1 is 1.05 bits per heavy atom. The Balaban J connectivity index is 2.59. The molecule has 1 aromatic carbocycles. The number of hydrogen-bond acceptors (Lipinski definition) is 0. The molecule has 1 aliphatic rings. The predicted octanol–water partition coefficient (Wildman–Crippen LogP) is 5.36. The summed E-state index contributed by atoms with van der Waals surface area (Å²) in [5, 5.41) is 0. The van der Waals surface area contributed by atoms with Crippen LogP contribution >= 0.6 is 0 Å². The van der Waals surface area contributed by atoms with Crippen LogP contribution in [0.4, 0.5) is 0 Å². The summed E-state index contributed by atoms with van der Waals surface area (Å²) in [5.41, 5.74) is 6.02. The largest absolute Gasteiger partial charge is 0.115 e. The summed E-state index contributed by atoms with van der Waals surface area (Å²) < 4.78 is 0. The van der Waals surface area contributed by atoms with Gasteiger partial charge in [-0.05, 0) is 59.3 Å². The van der Waals surface area contributed by atoms with Crippen molar-refractivity contribution in [3.8, 4) is 12.3 Å². The van der Waals surface area contributed by atoms with E-state index < -0.39 is 0 Å². The van der Waals surface area contributed by atoms with E-state index in [0.717, 1.165) is 12.0 Å². The first-order chi connectivity index (χ1) is 9.31. The first-order valence-corrected chi connectivity index (χ1v) is 7.96. The summed E-state index contributed by atoms with van der Waals surface area (Å²) in [6.07, 6.45) is 11.8. The van der Waals surface area contributed by atoms with Crippen LogP contribution in [0, 0.1) is 12.3 Å². The van der Waals surface area contributed by atoms with Gasteiger partial charge in [0.15, 0.2) is 0 Å². The molecule has 0 amide bonds. The van der Waals surface area contributed by atoms with Crippen LogP contribution in [0.3, 0.4) is 0 Å². The first kappa shape index (κ1) is 15.2. The Labute approximate surface area is 125 Å². The quantitative estimate of drug-likeness (QED) is 0.647. The third-order valence-corrected chi connectivity index (χ3v) is 5.03. The van der Waals surface area contributed by atoms with Crippen molar-refractivity contribution in [2.75, 3.05) is 0 Å². The van der Waals surface area contributed by atoms with Crippen LogP contribution in [-0.2, 0) is 17.3 Å². The average molecular weight is 268 g/mol. The zero-order valence-electron chi connectivity index (χ0n) is 13.8. The number of fused-ring (bicyclic) bond motifs is 1. The lowest BCUT2D eigenvalue weighted by atomic mass is 9.62. The molecule has 0 N–H and O–H groups in total. The third kappa shape index (κ3) is 2.64. The van der Waals surface area contributed by atoms with Gasteiger partial charge < -0.3 is 0 Å². The van der Waals surface area contributed by atoms with Crippen LogP contribution < -0.4 is 0 Å². The molecule has 0 saturated carbocycles. The predicted molar refractivity (Wildman–Crippen MR) is 88.3 cm³/mol. The Morgan fingerprint density at radius 3 is 2.10 bits per heavy atom. The lowest BCUT2D eigenvalue weighted by Gasteiger charge is -2.42. The number of terminal acetylenes is 1. The van der Waals surface area contributed by atoms with Crippen molar-refractivity contribution < 1.29 is 0 Å². The van der Waals surface area contributed by atoms with Gasteiger partial charge in [-0.2, -0.15) is 0 Å². The molecule has 0 atom stereocenters. The van der Waals surface area contributed by atoms with Crippen LogP contribution in [0.25, 0.3) is 0 Å². The van der Waals surface area contributed by atoms with Crippen molar-refractivity contribution >= 4 is 0 Å². The third-order valence-electron chi connectivity index (χ3n) is 5.03. The fourth-order valence-electron chi connectivity index (χ4n) is 3.37. The molecule has 0 fully saturated rings. The molecule has 108 valence electrons.